The first-order chi connectivity index (χ1) is 8.72. The van der Waals surface area contributed by atoms with Gasteiger partial charge < -0.3 is 11.1 Å². The predicted molar refractivity (Wildman–Crippen MR) is 76.2 cm³/mol. The average molecular weight is 238 g/mol. The molecule has 0 bridgehead atoms. The minimum Gasteiger partial charge on any atom is -0.329 e. The monoisotopic (exact) mass is 238 g/mol. The Morgan fingerprint density at radius 3 is 2.22 bits per heavy atom. The van der Waals surface area contributed by atoms with Crippen LogP contribution in [0.1, 0.15) is 22.6 Å². The zero-order chi connectivity index (χ0) is 13.0. The molecule has 0 aliphatic carbocycles. The Kier molecular flexibility index (Phi) is 3.90. The third-order valence-corrected chi connectivity index (χ3v) is 3.15. The number of rotatable bonds is 4. The van der Waals surface area contributed by atoms with Gasteiger partial charge in [0.2, 0.25) is 0 Å². The summed E-state index contributed by atoms with van der Waals surface area (Å²) < 4.78 is 0. The molecule has 0 saturated carbocycles. The first-order valence-corrected chi connectivity index (χ1v) is 6.13. The van der Waals surface area contributed by atoms with Gasteiger partial charge in [0.25, 0.3) is 0 Å². The first kappa shape index (κ1) is 12.5. The van der Waals surface area contributed by atoms with Gasteiger partial charge in [0.05, 0.1) is 0 Å². The van der Waals surface area contributed by atoms with Crippen molar-refractivity contribution in [3.63, 3.8) is 0 Å². The van der Waals surface area contributed by atoms with Crippen LogP contribution in [0.15, 0.2) is 54.6 Å². The summed E-state index contributed by atoms with van der Waals surface area (Å²) in [6, 6.07) is 18.0. The highest BCUT2D eigenvalue weighted by molar-refractivity contribution is 6.03. The Morgan fingerprint density at radius 1 is 1.06 bits per heavy atom. The van der Waals surface area contributed by atoms with E-state index in [-0.39, 0.29) is 5.92 Å². The van der Waals surface area contributed by atoms with Crippen molar-refractivity contribution in [2.24, 2.45) is 5.73 Å². The lowest BCUT2D eigenvalue weighted by Crippen LogP contribution is -2.21. The van der Waals surface area contributed by atoms with Crippen LogP contribution in [0.2, 0.25) is 0 Å². The molecule has 0 aliphatic rings. The van der Waals surface area contributed by atoms with Crippen molar-refractivity contribution in [2.45, 2.75) is 12.8 Å². The Balaban J connectivity index is 2.28. The fourth-order valence-electron chi connectivity index (χ4n) is 2.04. The van der Waals surface area contributed by atoms with Crippen molar-refractivity contribution >= 4 is 5.71 Å². The lowest BCUT2D eigenvalue weighted by Gasteiger charge is -2.17. The number of hydrogen-bond donors (Lipinski definition) is 2. The van der Waals surface area contributed by atoms with Crippen LogP contribution >= 0.6 is 0 Å². The molecule has 0 aliphatic heterocycles. The summed E-state index contributed by atoms with van der Waals surface area (Å²) in [6.07, 6.45) is 0. The number of benzene rings is 2. The summed E-state index contributed by atoms with van der Waals surface area (Å²) in [5.41, 5.74) is 9.67. The first-order valence-electron chi connectivity index (χ1n) is 6.13. The molecule has 2 heteroatoms. The van der Waals surface area contributed by atoms with Crippen molar-refractivity contribution in [1.82, 2.24) is 0 Å². The maximum atomic E-state index is 8.31. The van der Waals surface area contributed by atoms with Crippen molar-refractivity contribution in [3.05, 3.63) is 71.3 Å². The average Bonchev–Trinajstić information content (AvgIpc) is 2.41. The van der Waals surface area contributed by atoms with E-state index in [1.165, 1.54) is 5.56 Å². The molecule has 0 aromatic heterocycles. The Labute approximate surface area is 108 Å². The van der Waals surface area contributed by atoms with Crippen LogP contribution in [-0.4, -0.2) is 12.3 Å². The molecule has 3 N–H and O–H groups in total. The molecule has 2 rings (SSSR count). The van der Waals surface area contributed by atoms with Crippen LogP contribution < -0.4 is 5.73 Å². The molecule has 2 nitrogen and oxygen atoms in total. The van der Waals surface area contributed by atoms with E-state index in [9.17, 15) is 0 Å². The van der Waals surface area contributed by atoms with Crippen molar-refractivity contribution < 1.29 is 0 Å². The van der Waals surface area contributed by atoms with E-state index in [2.05, 4.69) is 0 Å². The molecular formula is C16H18N2. The molecule has 1 atom stereocenters. The maximum Gasteiger partial charge on any atom is 0.0473 e. The lowest BCUT2D eigenvalue weighted by molar-refractivity contribution is 0.883. The molecule has 2 aromatic carbocycles. The normalized spacial score (nSPS) is 12.1. The molecular weight excluding hydrogens is 220 g/mol. The molecule has 0 amide bonds. The van der Waals surface area contributed by atoms with Crippen molar-refractivity contribution in [1.29, 1.82) is 5.41 Å². The molecule has 1 unspecified atom stereocenters. The lowest BCUT2D eigenvalue weighted by atomic mass is 9.90. The Morgan fingerprint density at radius 2 is 1.67 bits per heavy atom. The van der Waals surface area contributed by atoms with Gasteiger partial charge >= 0.3 is 0 Å². The Hall–Kier alpha value is -1.93. The highest BCUT2D eigenvalue weighted by Gasteiger charge is 2.16. The van der Waals surface area contributed by atoms with Gasteiger partial charge in [-0.15, -0.1) is 0 Å². The molecule has 0 radical (unpaired) electrons. The topological polar surface area (TPSA) is 49.9 Å². The van der Waals surface area contributed by atoms with Gasteiger partial charge in [-0.05, 0) is 18.1 Å². The van der Waals surface area contributed by atoms with Gasteiger partial charge in [0.1, 0.15) is 0 Å². The highest BCUT2D eigenvalue weighted by atomic mass is 14.6. The molecule has 92 valence electrons. The summed E-state index contributed by atoms with van der Waals surface area (Å²) in [4.78, 5) is 0. The molecule has 18 heavy (non-hydrogen) atoms. The fraction of sp³-hybridized carbons (Fsp3) is 0.188. The van der Waals surface area contributed by atoms with Gasteiger partial charge in [-0.25, -0.2) is 0 Å². The third kappa shape index (κ3) is 2.66. The summed E-state index contributed by atoms with van der Waals surface area (Å²) >= 11 is 0. The quantitative estimate of drug-likeness (QED) is 0.790. The smallest absolute Gasteiger partial charge is 0.0473 e. The summed E-state index contributed by atoms with van der Waals surface area (Å²) in [6.45, 7) is 2.50. The largest absolute Gasteiger partial charge is 0.329 e. The second-order valence-electron chi connectivity index (χ2n) is 4.48. The SMILES string of the molecule is Cc1ccc(C(=N)C(CN)c2ccccc2)cc1. The van der Waals surface area contributed by atoms with Gasteiger partial charge in [-0.1, -0.05) is 60.2 Å². The number of nitrogens with one attached hydrogen (secondary N) is 1. The van der Waals surface area contributed by atoms with E-state index in [1.54, 1.807) is 0 Å². The third-order valence-electron chi connectivity index (χ3n) is 3.15. The van der Waals surface area contributed by atoms with Crippen molar-refractivity contribution in [3.8, 4) is 0 Å². The second-order valence-corrected chi connectivity index (χ2v) is 4.48. The number of hydrogen-bond acceptors (Lipinski definition) is 2. The molecule has 0 heterocycles. The van der Waals surface area contributed by atoms with E-state index in [1.807, 2.05) is 61.5 Å². The molecule has 0 spiro atoms. The van der Waals surface area contributed by atoms with Crippen LogP contribution in [0.3, 0.4) is 0 Å². The fourth-order valence-corrected chi connectivity index (χ4v) is 2.04. The van der Waals surface area contributed by atoms with Crippen LogP contribution in [0, 0.1) is 12.3 Å². The van der Waals surface area contributed by atoms with Crippen LogP contribution in [0.25, 0.3) is 0 Å². The zero-order valence-corrected chi connectivity index (χ0v) is 10.6. The van der Waals surface area contributed by atoms with E-state index in [0.717, 1.165) is 11.1 Å². The van der Waals surface area contributed by atoms with Gasteiger partial charge in [-0.3, -0.25) is 0 Å². The molecule has 0 saturated heterocycles. The zero-order valence-electron chi connectivity index (χ0n) is 10.6. The van der Waals surface area contributed by atoms with E-state index >= 15 is 0 Å². The van der Waals surface area contributed by atoms with Crippen LogP contribution in [-0.2, 0) is 0 Å². The number of nitrogens with two attached hydrogens (primary N) is 1. The van der Waals surface area contributed by atoms with Gasteiger partial charge in [-0.2, -0.15) is 0 Å². The van der Waals surface area contributed by atoms with Gasteiger partial charge in [0, 0.05) is 18.2 Å². The van der Waals surface area contributed by atoms with Crippen molar-refractivity contribution in [2.75, 3.05) is 6.54 Å². The second kappa shape index (κ2) is 5.61. The summed E-state index contributed by atoms with van der Waals surface area (Å²) in [5.74, 6) is -0.0334. The van der Waals surface area contributed by atoms with E-state index in [0.29, 0.717) is 12.3 Å². The van der Waals surface area contributed by atoms with Crippen LogP contribution in [0.4, 0.5) is 0 Å². The number of aryl methyl sites for hydroxylation is 1. The highest BCUT2D eigenvalue weighted by Crippen LogP contribution is 2.20. The minimum absolute atomic E-state index is 0.0334. The Bertz CT molecular complexity index is 515. The minimum atomic E-state index is -0.0334. The van der Waals surface area contributed by atoms with E-state index < -0.39 is 0 Å². The van der Waals surface area contributed by atoms with E-state index in [4.69, 9.17) is 11.1 Å². The molecule has 2 aromatic rings. The summed E-state index contributed by atoms with van der Waals surface area (Å²) in [5, 5.41) is 8.31. The maximum absolute atomic E-state index is 8.31. The predicted octanol–water partition coefficient (Wildman–Crippen LogP) is 3.11. The summed E-state index contributed by atoms with van der Waals surface area (Å²) in [7, 11) is 0. The van der Waals surface area contributed by atoms with Crippen LogP contribution in [0.5, 0.6) is 0 Å². The van der Waals surface area contributed by atoms with Gasteiger partial charge in [0.15, 0.2) is 0 Å². The standard InChI is InChI=1S/C16H18N2/c1-12-7-9-14(10-8-12)16(18)15(11-17)13-5-3-2-4-6-13/h2-10,15,18H,11,17H2,1H3. The molecule has 0 fully saturated rings.